The number of thiazole rings is 1. The third-order valence-electron chi connectivity index (χ3n) is 5.19. The van der Waals surface area contributed by atoms with Crippen molar-refractivity contribution >= 4 is 57.0 Å². The maximum absolute atomic E-state index is 5.86. The summed E-state index contributed by atoms with van der Waals surface area (Å²) in [7, 11) is 1.93. The molecule has 1 aromatic carbocycles. The summed E-state index contributed by atoms with van der Waals surface area (Å²) in [5.74, 6) is 0.521. The molecule has 190 valence electrons. The van der Waals surface area contributed by atoms with Gasteiger partial charge in [-0.15, -0.1) is 0 Å². The number of anilines is 2. The zero-order valence-electron chi connectivity index (χ0n) is 20.8. The van der Waals surface area contributed by atoms with Gasteiger partial charge in [-0.25, -0.2) is 15.0 Å². The first-order valence-corrected chi connectivity index (χ1v) is 13.1. The van der Waals surface area contributed by atoms with Gasteiger partial charge in [0, 0.05) is 36.4 Å². The van der Waals surface area contributed by atoms with E-state index in [2.05, 4.69) is 33.8 Å². The molecule has 1 atom stereocenters. The molecule has 0 radical (unpaired) electrons. The number of nitrogens with two attached hydrogens (primary N) is 2. The summed E-state index contributed by atoms with van der Waals surface area (Å²) in [5.41, 5.74) is 16.1. The van der Waals surface area contributed by atoms with Gasteiger partial charge >= 0.3 is 0 Å². The number of nitrogen functional groups attached to an aromatic ring is 1. The van der Waals surface area contributed by atoms with E-state index in [1.54, 1.807) is 18.5 Å². The number of benzene rings is 1. The Kier molecular flexibility index (Phi) is 10.5. The van der Waals surface area contributed by atoms with Crippen LogP contribution in [-0.4, -0.2) is 39.0 Å². The molecule has 0 aliphatic rings. The molecule has 0 saturated carbocycles. The molecule has 3 rings (SSSR count). The van der Waals surface area contributed by atoms with E-state index in [0.29, 0.717) is 17.6 Å². The molecule has 3 aromatic rings. The lowest BCUT2D eigenvalue weighted by Gasteiger charge is -2.21. The first-order valence-electron chi connectivity index (χ1n) is 11.6. The molecular weight excluding hydrogens is 490 g/mol. The molecule has 1 unspecified atom stereocenters. The van der Waals surface area contributed by atoms with E-state index >= 15 is 0 Å². The number of nitrogens with one attached hydrogen (secondary N) is 1. The van der Waals surface area contributed by atoms with Gasteiger partial charge in [0.15, 0.2) is 5.13 Å². The van der Waals surface area contributed by atoms with Crippen LogP contribution in [0.1, 0.15) is 37.8 Å². The molecule has 8 nitrogen and oxygen atoms in total. The first kappa shape index (κ1) is 27.4. The summed E-state index contributed by atoms with van der Waals surface area (Å²) < 4.78 is 8.86. The number of fused-ring (bicyclic) bond motifs is 1. The van der Waals surface area contributed by atoms with Crippen molar-refractivity contribution < 1.29 is 4.18 Å². The smallest absolute Gasteiger partial charge is 0.226 e. The predicted octanol–water partition coefficient (Wildman–Crippen LogP) is 5.86. The van der Waals surface area contributed by atoms with E-state index in [1.165, 1.54) is 23.6 Å². The standard InChI is InChI=1S/C26H33N7OS2/c1-5-21(33(4)36-34-22(6-2)13-14-27)11-7-18(3)31-26-29-16-20(17-30-26)9-8-19-10-12-24-23(15-19)32-25(28)35-24/h5,7-12,15-17,22H,1,6,13-14,27H2,2-4H3,(H2,28,32)(H,29,30,31)/b9-8+,18-7+,21-11+. The molecule has 0 spiro atoms. The number of allylic oxidation sites excluding steroid dienone is 4. The number of aromatic nitrogens is 3. The quantitative estimate of drug-likeness (QED) is 0.144. The topological polar surface area (TPSA) is 115 Å². The normalized spacial score (nSPS) is 13.3. The van der Waals surface area contributed by atoms with Crippen LogP contribution in [0.4, 0.5) is 11.1 Å². The van der Waals surface area contributed by atoms with E-state index in [0.717, 1.165) is 45.6 Å². The average Bonchev–Trinajstić information content (AvgIpc) is 3.25. The highest BCUT2D eigenvalue weighted by atomic mass is 32.2. The Bertz CT molecular complexity index is 1230. The fourth-order valence-corrected chi connectivity index (χ4v) is 4.57. The monoisotopic (exact) mass is 523 g/mol. The highest BCUT2D eigenvalue weighted by Gasteiger charge is 2.09. The van der Waals surface area contributed by atoms with E-state index in [-0.39, 0.29) is 6.10 Å². The molecule has 2 aromatic heterocycles. The van der Waals surface area contributed by atoms with Crippen LogP contribution in [0.5, 0.6) is 0 Å². The summed E-state index contributed by atoms with van der Waals surface area (Å²) in [6.45, 7) is 8.56. The molecule has 0 aliphatic heterocycles. The zero-order chi connectivity index (χ0) is 25.9. The number of likely N-dealkylation sites (N-methyl/N-ethyl adjacent to an activating group) is 1. The highest BCUT2D eigenvalue weighted by Crippen LogP contribution is 2.25. The van der Waals surface area contributed by atoms with Gasteiger partial charge in [0.2, 0.25) is 5.95 Å². The third-order valence-corrected chi connectivity index (χ3v) is 6.85. The average molecular weight is 524 g/mol. The van der Waals surface area contributed by atoms with Gasteiger partial charge in [-0.3, -0.25) is 8.49 Å². The van der Waals surface area contributed by atoms with E-state index in [9.17, 15) is 0 Å². The van der Waals surface area contributed by atoms with E-state index in [4.69, 9.17) is 15.7 Å². The maximum Gasteiger partial charge on any atom is 0.226 e. The zero-order valence-corrected chi connectivity index (χ0v) is 22.5. The van der Waals surface area contributed by atoms with Crippen molar-refractivity contribution in [2.75, 3.05) is 24.6 Å². The Morgan fingerprint density at radius 3 is 2.69 bits per heavy atom. The molecule has 2 heterocycles. The van der Waals surface area contributed by atoms with Crippen molar-refractivity contribution in [3.05, 3.63) is 77.9 Å². The minimum absolute atomic E-state index is 0.128. The van der Waals surface area contributed by atoms with Crippen LogP contribution in [-0.2, 0) is 4.18 Å². The van der Waals surface area contributed by atoms with Crippen LogP contribution in [0.3, 0.4) is 0 Å². The Hall–Kier alpha value is -3.18. The Balaban J connectivity index is 1.56. The van der Waals surface area contributed by atoms with Crippen LogP contribution in [0.2, 0.25) is 0 Å². The molecule has 36 heavy (non-hydrogen) atoms. The number of hydrogen-bond donors (Lipinski definition) is 3. The minimum Gasteiger partial charge on any atom is -0.375 e. The SMILES string of the molecule is C=C/C(=C\C=C(/C)Nc1ncc(/C=C/c2ccc3sc(N)nc3c2)cn1)N(C)SOC(CC)CCN. The van der Waals surface area contributed by atoms with Gasteiger partial charge in [0.1, 0.15) is 12.2 Å². The number of rotatable bonds is 13. The highest BCUT2D eigenvalue weighted by molar-refractivity contribution is 7.92. The minimum atomic E-state index is 0.128. The molecule has 5 N–H and O–H groups in total. The summed E-state index contributed by atoms with van der Waals surface area (Å²) in [6.07, 6.45) is 15.1. The number of hydrogen-bond acceptors (Lipinski definition) is 10. The van der Waals surface area contributed by atoms with E-state index in [1.807, 2.05) is 60.8 Å². The molecule has 0 bridgehead atoms. The van der Waals surface area contributed by atoms with Crippen molar-refractivity contribution in [2.24, 2.45) is 5.73 Å². The van der Waals surface area contributed by atoms with Crippen LogP contribution in [0.25, 0.3) is 22.4 Å². The summed E-state index contributed by atoms with van der Waals surface area (Å²) >= 11 is 2.78. The Morgan fingerprint density at radius 1 is 1.25 bits per heavy atom. The lowest BCUT2D eigenvalue weighted by atomic mass is 10.2. The van der Waals surface area contributed by atoms with Crippen molar-refractivity contribution in [2.45, 2.75) is 32.8 Å². The van der Waals surface area contributed by atoms with Gasteiger partial charge in [0.25, 0.3) is 0 Å². The molecule has 0 aliphatic carbocycles. The molecule has 0 saturated heterocycles. The summed E-state index contributed by atoms with van der Waals surface area (Å²) in [5, 5.41) is 3.78. The third kappa shape index (κ3) is 8.20. The molecule has 0 amide bonds. The summed E-state index contributed by atoms with van der Waals surface area (Å²) in [4.78, 5) is 13.2. The van der Waals surface area contributed by atoms with Gasteiger partial charge in [-0.1, -0.05) is 43.1 Å². The Morgan fingerprint density at radius 2 is 2.00 bits per heavy atom. The van der Waals surface area contributed by atoms with Gasteiger partial charge in [-0.05, 0) is 62.2 Å². The fraction of sp³-hybridized carbons (Fsp3) is 0.269. The largest absolute Gasteiger partial charge is 0.375 e. The van der Waals surface area contributed by atoms with Crippen LogP contribution < -0.4 is 16.8 Å². The first-order chi connectivity index (χ1) is 17.4. The van der Waals surface area contributed by atoms with Crippen LogP contribution in [0.15, 0.2) is 66.8 Å². The van der Waals surface area contributed by atoms with Gasteiger partial charge in [0.05, 0.1) is 16.3 Å². The fourth-order valence-electron chi connectivity index (χ4n) is 3.15. The maximum atomic E-state index is 5.86. The summed E-state index contributed by atoms with van der Waals surface area (Å²) in [6, 6.07) is 6.08. The van der Waals surface area contributed by atoms with Crippen LogP contribution in [0, 0.1) is 0 Å². The molecular formula is C26H33N7OS2. The number of nitrogens with zero attached hydrogens (tertiary/aromatic N) is 4. The van der Waals surface area contributed by atoms with Crippen molar-refractivity contribution in [3.63, 3.8) is 0 Å². The molecule has 10 heteroatoms. The van der Waals surface area contributed by atoms with Crippen molar-refractivity contribution in [3.8, 4) is 0 Å². The van der Waals surface area contributed by atoms with Gasteiger partial charge in [-0.2, -0.15) is 0 Å². The lowest BCUT2D eigenvalue weighted by molar-refractivity contribution is 0.219. The predicted molar refractivity (Wildman–Crippen MR) is 155 cm³/mol. The second-order valence-electron chi connectivity index (χ2n) is 8.00. The second-order valence-corrected chi connectivity index (χ2v) is 9.95. The molecule has 0 fully saturated rings. The van der Waals surface area contributed by atoms with Crippen molar-refractivity contribution in [1.29, 1.82) is 0 Å². The lowest BCUT2D eigenvalue weighted by Crippen LogP contribution is -2.17. The van der Waals surface area contributed by atoms with E-state index < -0.39 is 0 Å². The van der Waals surface area contributed by atoms with Crippen LogP contribution >= 0.6 is 23.6 Å². The second kappa shape index (κ2) is 13.8. The van der Waals surface area contributed by atoms with Gasteiger partial charge < -0.3 is 16.8 Å². The Labute approximate surface area is 221 Å². The van der Waals surface area contributed by atoms with Crippen molar-refractivity contribution in [1.82, 2.24) is 19.3 Å².